The Bertz CT molecular complexity index is 1360. The van der Waals surface area contributed by atoms with E-state index >= 15 is 4.39 Å². The number of anilines is 3. The molecular formula is C25H28FN7O2. The molecule has 2 aliphatic rings. The summed E-state index contributed by atoms with van der Waals surface area (Å²) in [5.74, 6) is 2.33. The summed E-state index contributed by atoms with van der Waals surface area (Å²) in [7, 11) is 0. The second kappa shape index (κ2) is 8.84. The fourth-order valence-corrected chi connectivity index (χ4v) is 4.63. The number of benzene rings is 1. The topological polar surface area (TPSA) is 115 Å². The first-order valence-electron chi connectivity index (χ1n) is 12.1. The Morgan fingerprint density at radius 3 is 2.71 bits per heavy atom. The number of nitrogens with one attached hydrogen (secondary N) is 3. The Morgan fingerprint density at radius 1 is 1.11 bits per heavy atom. The highest BCUT2D eigenvalue weighted by Crippen LogP contribution is 2.40. The third-order valence-electron chi connectivity index (χ3n) is 6.80. The number of hydrogen-bond donors (Lipinski definition) is 4. The highest BCUT2D eigenvalue weighted by Gasteiger charge is 2.26. The van der Waals surface area contributed by atoms with Crippen LogP contribution < -0.4 is 15.0 Å². The first-order chi connectivity index (χ1) is 17.1. The minimum atomic E-state index is -0.458. The Kier molecular flexibility index (Phi) is 5.52. The van der Waals surface area contributed by atoms with E-state index in [4.69, 9.17) is 4.74 Å². The maximum Gasteiger partial charge on any atom is 0.326 e. The van der Waals surface area contributed by atoms with Gasteiger partial charge in [-0.2, -0.15) is 15.1 Å². The molecule has 10 heteroatoms. The van der Waals surface area contributed by atoms with E-state index in [-0.39, 0.29) is 18.4 Å². The van der Waals surface area contributed by atoms with Crippen molar-refractivity contribution in [2.75, 3.05) is 29.9 Å². The number of ether oxygens (including phenoxy) is 1. The van der Waals surface area contributed by atoms with Gasteiger partial charge in [-0.15, -0.1) is 0 Å². The van der Waals surface area contributed by atoms with Crippen LogP contribution >= 0.6 is 0 Å². The molecule has 0 radical (unpaired) electrons. The summed E-state index contributed by atoms with van der Waals surface area (Å²) in [6.45, 7) is 3.60. The Labute approximate surface area is 201 Å². The Morgan fingerprint density at radius 2 is 1.94 bits per heavy atom. The largest absolute Gasteiger partial charge is 0.421 e. The molecule has 0 bridgehead atoms. The molecule has 1 aliphatic carbocycles. The van der Waals surface area contributed by atoms with Crippen LogP contribution in [0.5, 0.6) is 11.8 Å². The van der Waals surface area contributed by atoms with Gasteiger partial charge in [-0.1, -0.05) is 0 Å². The number of fused-ring (bicyclic) bond motifs is 1. The number of H-pyrrole nitrogens is 2. The van der Waals surface area contributed by atoms with Gasteiger partial charge in [0.25, 0.3) is 0 Å². The van der Waals surface area contributed by atoms with Gasteiger partial charge >= 0.3 is 6.01 Å². The molecule has 1 saturated heterocycles. The molecule has 4 N–H and O–H groups in total. The lowest BCUT2D eigenvalue weighted by Crippen LogP contribution is -2.35. The Balaban J connectivity index is 1.31. The standard InChI is InChI=1S/C25H28FN7O2/c1-14-10-17-18(27-14)4-5-20(24(17)26)35-25-29-21(28-22-11-19(31-32-22)16-2-3-16)12-23(30-25)33-8-6-15(13-34)7-9-33/h4-5,10-12,15-16,27,34H,2-3,6-9,13H2,1H3,(H2,28,29,30,31,32). The van der Waals surface area contributed by atoms with E-state index in [0.29, 0.717) is 40.2 Å². The van der Waals surface area contributed by atoms with Crippen molar-refractivity contribution in [1.82, 2.24) is 25.1 Å². The van der Waals surface area contributed by atoms with Crippen LogP contribution in [0.15, 0.2) is 30.3 Å². The fraction of sp³-hybridized carbons (Fsp3) is 0.400. The van der Waals surface area contributed by atoms with Crippen molar-refractivity contribution in [3.63, 3.8) is 0 Å². The van der Waals surface area contributed by atoms with Crippen molar-refractivity contribution in [3.05, 3.63) is 47.5 Å². The smallest absolute Gasteiger partial charge is 0.326 e. The molecule has 1 aromatic carbocycles. The number of hydrogen-bond acceptors (Lipinski definition) is 7. The summed E-state index contributed by atoms with van der Waals surface area (Å²) in [4.78, 5) is 14.4. The molecule has 6 rings (SSSR count). The predicted molar refractivity (Wildman–Crippen MR) is 131 cm³/mol. The minimum absolute atomic E-state index is 0.0535. The number of aromatic nitrogens is 5. The van der Waals surface area contributed by atoms with Gasteiger partial charge in [0.15, 0.2) is 17.4 Å². The molecule has 1 aliphatic heterocycles. The number of aromatic amines is 2. The van der Waals surface area contributed by atoms with E-state index in [9.17, 15) is 5.11 Å². The van der Waals surface area contributed by atoms with Gasteiger partial charge < -0.3 is 25.0 Å². The van der Waals surface area contributed by atoms with Crippen LogP contribution in [0, 0.1) is 18.7 Å². The van der Waals surface area contributed by atoms with Crippen molar-refractivity contribution < 1.29 is 14.2 Å². The molecule has 182 valence electrons. The molecule has 4 heterocycles. The van der Waals surface area contributed by atoms with Gasteiger partial charge in [0.2, 0.25) is 0 Å². The third-order valence-corrected chi connectivity index (χ3v) is 6.80. The van der Waals surface area contributed by atoms with Gasteiger partial charge in [-0.3, -0.25) is 5.10 Å². The second-order valence-corrected chi connectivity index (χ2v) is 9.51. The maximum absolute atomic E-state index is 15.2. The van der Waals surface area contributed by atoms with Crippen molar-refractivity contribution in [3.8, 4) is 11.8 Å². The summed E-state index contributed by atoms with van der Waals surface area (Å²) in [6.07, 6.45) is 4.11. The van der Waals surface area contributed by atoms with Crippen LogP contribution in [0.3, 0.4) is 0 Å². The summed E-state index contributed by atoms with van der Waals surface area (Å²) in [5, 5.41) is 20.6. The van der Waals surface area contributed by atoms with E-state index in [1.54, 1.807) is 18.2 Å². The average Bonchev–Trinajstić information content (AvgIpc) is 3.49. The molecule has 4 aromatic rings. The number of rotatable bonds is 7. The zero-order valence-corrected chi connectivity index (χ0v) is 19.5. The van der Waals surface area contributed by atoms with E-state index in [0.717, 1.165) is 37.3 Å². The van der Waals surface area contributed by atoms with E-state index in [2.05, 4.69) is 35.4 Å². The van der Waals surface area contributed by atoms with E-state index in [1.165, 1.54) is 12.8 Å². The number of aryl methyl sites for hydroxylation is 1. The van der Waals surface area contributed by atoms with Crippen LogP contribution in [0.4, 0.5) is 21.8 Å². The number of nitrogens with zero attached hydrogens (tertiary/aromatic N) is 4. The second-order valence-electron chi connectivity index (χ2n) is 9.51. The quantitative estimate of drug-likeness (QED) is 0.304. The maximum atomic E-state index is 15.2. The summed E-state index contributed by atoms with van der Waals surface area (Å²) < 4.78 is 21.1. The molecule has 0 unspecified atom stereocenters. The van der Waals surface area contributed by atoms with E-state index in [1.807, 2.05) is 19.1 Å². The fourth-order valence-electron chi connectivity index (χ4n) is 4.63. The molecule has 0 spiro atoms. The lowest BCUT2D eigenvalue weighted by molar-refractivity contribution is 0.202. The van der Waals surface area contributed by atoms with Gasteiger partial charge in [0.05, 0.1) is 0 Å². The number of piperidine rings is 1. The molecule has 3 aromatic heterocycles. The zero-order chi connectivity index (χ0) is 23.9. The van der Waals surface area contributed by atoms with Crippen molar-refractivity contribution in [2.45, 2.75) is 38.5 Å². The summed E-state index contributed by atoms with van der Waals surface area (Å²) in [5.41, 5.74) is 2.69. The lowest BCUT2D eigenvalue weighted by Gasteiger charge is -2.32. The highest BCUT2D eigenvalue weighted by atomic mass is 19.1. The van der Waals surface area contributed by atoms with Gasteiger partial charge in [0, 0.05) is 60.0 Å². The van der Waals surface area contributed by atoms with Crippen LogP contribution in [0.2, 0.25) is 0 Å². The Hall–Kier alpha value is -3.66. The SMILES string of the molecule is Cc1cc2c(F)c(Oc3nc(Nc4cc(C5CC5)[nH]n4)cc(N4CCC(CO)CC4)n3)ccc2[nH]1. The third kappa shape index (κ3) is 4.53. The van der Waals surface area contributed by atoms with Gasteiger partial charge in [0.1, 0.15) is 11.6 Å². The molecule has 35 heavy (non-hydrogen) atoms. The molecular weight excluding hydrogens is 449 g/mol. The van der Waals surface area contributed by atoms with Crippen LogP contribution in [-0.2, 0) is 0 Å². The molecule has 1 saturated carbocycles. The van der Waals surface area contributed by atoms with E-state index < -0.39 is 5.82 Å². The number of halogens is 1. The van der Waals surface area contributed by atoms with Gasteiger partial charge in [-0.05, 0) is 56.7 Å². The average molecular weight is 478 g/mol. The first-order valence-corrected chi connectivity index (χ1v) is 12.1. The van der Waals surface area contributed by atoms with Gasteiger partial charge in [-0.25, -0.2) is 4.39 Å². The lowest BCUT2D eigenvalue weighted by atomic mass is 9.98. The number of aliphatic hydroxyl groups excluding tert-OH is 1. The van der Waals surface area contributed by atoms with Crippen LogP contribution in [-0.4, -0.2) is 50.0 Å². The summed E-state index contributed by atoms with van der Waals surface area (Å²) in [6, 6.07) is 9.02. The predicted octanol–water partition coefficient (Wildman–Crippen LogP) is 4.75. The molecule has 0 atom stereocenters. The number of aliphatic hydroxyl groups is 1. The first kappa shape index (κ1) is 21.8. The minimum Gasteiger partial charge on any atom is -0.421 e. The molecule has 9 nitrogen and oxygen atoms in total. The van der Waals surface area contributed by atoms with Crippen LogP contribution in [0.1, 0.15) is 43.0 Å². The van der Waals surface area contributed by atoms with Crippen molar-refractivity contribution in [1.29, 1.82) is 0 Å². The van der Waals surface area contributed by atoms with Crippen molar-refractivity contribution in [2.24, 2.45) is 5.92 Å². The highest BCUT2D eigenvalue weighted by molar-refractivity contribution is 5.82. The monoisotopic (exact) mass is 477 g/mol. The van der Waals surface area contributed by atoms with Crippen molar-refractivity contribution >= 4 is 28.4 Å². The van der Waals surface area contributed by atoms with Crippen LogP contribution in [0.25, 0.3) is 10.9 Å². The summed E-state index contributed by atoms with van der Waals surface area (Å²) >= 11 is 0. The zero-order valence-electron chi connectivity index (χ0n) is 19.5. The normalized spacial score (nSPS) is 16.7. The molecule has 0 amide bonds. The molecule has 2 fully saturated rings.